The molecule has 4 fully saturated rings. The number of likely N-dealkylation sites (tertiary alicyclic amines) is 1. The number of carbonyl (C=O) groups excluding carboxylic acids is 2. The molecule has 13 nitrogen and oxygen atoms in total. The minimum absolute atomic E-state index is 0.0638. The number of nitrogens with zero attached hydrogens (tertiary/aromatic N) is 1. The van der Waals surface area contributed by atoms with Gasteiger partial charge in [0.2, 0.25) is 0 Å². The van der Waals surface area contributed by atoms with Crippen LogP contribution in [0.3, 0.4) is 0 Å². The Morgan fingerprint density at radius 2 is 1.49 bits per heavy atom. The van der Waals surface area contributed by atoms with Crippen molar-refractivity contribution in [2.75, 3.05) is 53.2 Å². The molecule has 0 radical (unpaired) electrons. The number of methoxy groups -OCH3 is 1. The van der Waals surface area contributed by atoms with Crippen LogP contribution in [0.25, 0.3) is 0 Å². The van der Waals surface area contributed by atoms with E-state index >= 15 is 0 Å². The van der Waals surface area contributed by atoms with E-state index in [1.165, 1.54) is 12.8 Å². The molecule has 3 heterocycles. The molecule has 0 bridgehead atoms. The molecule has 2 amide bonds. The van der Waals surface area contributed by atoms with Crippen molar-refractivity contribution in [3.8, 4) is 11.5 Å². The quantitative estimate of drug-likeness (QED) is 0.173. The minimum atomic E-state index is -2.76. The molecule has 3 aliphatic heterocycles. The van der Waals surface area contributed by atoms with Crippen molar-refractivity contribution in [3.63, 3.8) is 0 Å². The van der Waals surface area contributed by atoms with E-state index in [0.29, 0.717) is 31.7 Å². The second kappa shape index (κ2) is 17.2. The fraction of sp³-hybridized carbons (Fsp3) is 0.611. The maximum Gasteiger partial charge on any atom is 0.407 e. The molecule has 0 unspecified atom stereocenters. The number of hydrogen-bond acceptors (Lipinski definition) is 11. The van der Waals surface area contributed by atoms with Crippen LogP contribution in [0.4, 0.5) is 18.4 Å². The van der Waals surface area contributed by atoms with Gasteiger partial charge in [0, 0.05) is 45.1 Å². The Hall–Kier alpha value is -3.76. The topological polar surface area (TPSA) is 152 Å². The van der Waals surface area contributed by atoms with E-state index in [2.05, 4.69) is 26.2 Å². The Morgan fingerprint density at radius 3 is 2.14 bits per heavy atom. The molecule has 3 saturated heterocycles. The molecule has 1 saturated carbocycles. The van der Waals surface area contributed by atoms with Gasteiger partial charge in [-0.1, -0.05) is 24.3 Å². The summed E-state index contributed by atoms with van der Waals surface area (Å²) in [5.41, 5.74) is 1.98. The molecule has 6 rings (SSSR count). The monoisotopic (exact) mass is 717 g/mol. The second-order valence-corrected chi connectivity index (χ2v) is 13.8. The first-order chi connectivity index (χ1) is 24.6. The van der Waals surface area contributed by atoms with Crippen LogP contribution in [0.2, 0.25) is 0 Å². The zero-order valence-electron chi connectivity index (χ0n) is 28.9. The van der Waals surface area contributed by atoms with E-state index in [1.807, 2.05) is 36.4 Å². The summed E-state index contributed by atoms with van der Waals surface area (Å²) < 4.78 is 54.9. The molecule has 5 N–H and O–H groups in total. The van der Waals surface area contributed by atoms with Crippen LogP contribution in [0.15, 0.2) is 48.5 Å². The standard InChI is InChI=1S/C36H49F2N5O8/c1-47-26-8-4-23(5-9-26)17-29-33(51-34(45)39-12-15-43-13-2-3-14-43)31(21-41-29)49-22-48-27-10-6-24(7-11-27)16-28-32(30(44)20-40-28)50-35(46)42-25-18-36(37,38)19-25/h4-11,25,28-33,40-41,44H,2-3,12-22H2,1H3,(H,39,45)(H,42,46)/t28-,29-,30+,31+,32+,33+/m1/s1. The second-order valence-electron chi connectivity index (χ2n) is 13.8. The third-order valence-corrected chi connectivity index (χ3v) is 10.0. The summed E-state index contributed by atoms with van der Waals surface area (Å²) in [6, 6.07) is 14.0. The number of rotatable bonds is 15. The number of aliphatic hydroxyl groups is 1. The average molecular weight is 718 g/mol. The number of benzene rings is 2. The van der Waals surface area contributed by atoms with Crippen LogP contribution >= 0.6 is 0 Å². The van der Waals surface area contributed by atoms with Gasteiger partial charge in [-0.05, 0) is 74.2 Å². The molecule has 51 heavy (non-hydrogen) atoms. The van der Waals surface area contributed by atoms with Crippen molar-refractivity contribution < 1.29 is 47.2 Å². The lowest BCUT2D eigenvalue weighted by Gasteiger charge is -2.35. The van der Waals surface area contributed by atoms with Crippen LogP contribution in [-0.2, 0) is 27.1 Å². The highest BCUT2D eigenvalue weighted by molar-refractivity contribution is 5.68. The molecule has 15 heteroatoms. The highest BCUT2D eigenvalue weighted by Gasteiger charge is 2.47. The lowest BCUT2D eigenvalue weighted by molar-refractivity contribution is -0.0925. The van der Waals surface area contributed by atoms with Crippen molar-refractivity contribution in [2.24, 2.45) is 0 Å². The molecule has 0 aromatic heterocycles. The van der Waals surface area contributed by atoms with Gasteiger partial charge in [-0.3, -0.25) is 0 Å². The highest BCUT2D eigenvalue weighted by Crippen LogP contribution is 2.37. The van der Waals surface area contributed by atoms with Crippen molar-refractivity contribution in [3.05, 3.63) is 59.7 Å². The van der Waals surface area contributed by atoms with Crippen molar-refractivity contribution in [1.29, 1.82) is 0 Å². The zero-order chi connectivity index (χ0) is 35.8. The summed E-state index contributed by atoms with van der Waals surface area (Å²) in [6.07, 6.45) is -1.40. The fourth-order valence-corrected chi connectivity index (χ4v) is 7.14. The van der Waals surface area contributed by atoms with Gasteiger partial charge in [-0.2, -0.15) is 0 Å². The molecule has 6 atom stereocenters. The number of amides is 2. The lowest BCUT2D eigenvalue weighted by Crippen LogP contribution is -2.52. The van der Waals surface area contributed by atoms with Crippen LogP contribution in [0, 0.1) is 0 Å². The molecule has 1 aliphatic carbocycles. The summed E-state index contributed by atoms with van der Waals surface area (Å²) in [5, 5.41) is 22.4. The van der Waals surface area contributed by atoms with Gasteiger partial charge in [0.1, 0.15) is 35.9 Å². The Bertz CT molecular complexity index is 1420. The van der Waals surface area contributed by atoms with E-state index in [-0.39, 0.29) is 25.4 Å². The maximum absolute atomic E-state index is 13.1. The molecule has 2 aromatic rings. The Balaban J connectivity index is 0.977. The first kappa shape index (κ1) is 37.0. The molecule has 280 valence electrons. The van der Waals surface area contributed by atoms with Crippen LogP contribution in [-0.4, -0.2) is 124 Å². The van der Waals surface area contributed by atoms with E-state index in [0.717, 1.165) is 36.5 Å². The summed E-state index contributed by atoms with van der Waals surface area (Å²) >= 11 is 0. The molecular formula is C36H49F2N5O8. The smallest absolute Gasteiger partial charge is 0.407 e. The number of nitrogens with one attached hydrogen (secondary N) is 4. The normalized spacial score (nSPS) is 27.5. The SMILES string of the molecule is COc1ccc(C[C@H]2NC[C@H](OCOc3ccc(C[C@H]4NC[C@H](O)[C@H]4OC(=O)NC4CC(F)(F)C4)cc3)[C@H]2OC(=O)NCCN2CCCC2)cc1. The lowest BCUT2D eigenvalue weighted by atomic mass is 9.88. The number of carbonyl (C=O) groups is 2. The van der Waals surface area contributed by atoms with E-state index in [4.69, 9.17) is 23.7 Å². The minimum Gasteiger partial charge on any atom is -0.497 e. The molecular weight excluding hydrogens is 668 g/mol. The van der Waals surface area contributed by atoms with Gasteiger partial charge in [-0.25, -0.2) is 18.4 Å². The number of alkyl halides is 2. The third-order valence-electron chi connectivity index (χ3n) is 10.0. The Morgan fingerprint density at radius 1 is 0.882 bits per heavy atom. The summed E-state index contributed by atoms with van der Waals surface area (Å²) in [5.74, 6) is -1.42. The van der Waals surface area contributed by atoms with E-state index in [9.17, 15) is 23.5 Å². The predicted octanol–water partition coefficient (Wildman–Crippen LogP) is 2.59. The number of halogens is 2. The predicted molar refractivity (Wildman–Crippen MR) is 182 cm³/mol. The van der Waals surface area contributed by atoms with Crippen molar-refractivity contribution in [2.45, 2.75) is 87.0 Å². The van der Waals surface area contributed by atoms with E-state index < -0.39 is 61.4 Å². The Kier molecular flexibility index (Phi) is 12.5. The number of ether oxygens (including phenoxy) is 5. The van der Waals surface area contributed by atoms with Gasteiger partial charge in [-0.15, -0.1) is 0 Å². The number of alkyl carbamates (subject to hydrolysis) is 2. The average Bonchev–Trinajstić information content (AvgIpc) is 3.84. The van der Waals surface area contributed by atoms with E-state index in [1.54, 1.807) is 19.2 Å². The van der Waals surface area contributed by atoms with Crippen LogP contribution in [0.5, 0.6) is 11.5 Å². The number of β-amino-alcohol motifs (C(OH)–C–C–N with tert-alkyl or cyclic N) is 1. The zero-order valence-corrected chi connectivity index (χ0v) is 28.9. The first-order valence-corrected chi connectivity index (χ1v) is 17.8. The van der Waals surface area contributed by atoms with Crippen LogP contribution in [0.1, 0.15) is 36.8 Å². The number of aliphatic hydroxyl groups excluding tert-OH is 1. The van der Waals surface area contributed by atoms with Gasteiger partial charge in [0.05, 0.1) is 19.2 Å². The van der Waals surface area contributed by atoms with Gasteiger partial charge < -0.3 is 55.0 Å². The van der Waals surface area contributed by atoms with Crippen molar-refractivity contribution in [1.82, 2.24) is 26.2 Å². The molecule has 2 aromatic carbocycles. The number of hydrogen-bond donors (Lipinski definition) is 5. The van der Waals surface area contributed by atoms with Gasteiger partial charge in [0.15, 0.2) is 6.79 Å². The third kappa shape index (κ3) is 10.4. The summed E-state index contributed by atoms with van der Waals surface area (Å²) in [7, 11) is 1.63. The maximum atomic E-state index is 13.1. The fourth-order valence-electron chi connectivity index (χ4n) is 7.14. The largest absolute Gasteiger partial charge is 0.497 e. The van der Waals surface area contributed by atoms with Crippen molar-refractivity contribution >= 4 is 12.2 Å². The summed E-state index contributed by atoms with van der Waals surface area (Å²) in [4.78, 5) is 27.5. The molecule has 0 spiro atoms. The highest BCUT2D eigenvalue weighted by atomic mass is 19.3. The van der Waals surface area contributed by atoms with Crippen LogP contribution < -0.4 is 30.7 Å². The van der Waals surface area contributed by atoms with Gasteiger partial charge in [0.25, 0.3) is 5.92 Å². The Labute approximate surface area is 296 Å². The summed E-state index contributed by atoms with van der Waals surface area (Å²) in [6.45, 7) is 4.06. The molecule has 4 aliphatic rings. The first-order valence-electron chi connectivity index (χ1n) is 17.8. The van der Waals surface area contributed by atoms with Gasteiger partial charge >= 0.3 is 12.2 Å².